The van der Waals surface area contributed by atoms with Crippen molar-refractivity contribution in [2.75, 3.05) is 13.2 Å². The number of ether oxygens (including phenoxy) is 1. The quantitative estimate of drug-likeness (QED) is 0.247. The van der Waals surface area contributed by atoms with Gasteiger partial charge in [-0.2, -0.15) is 13.2 Å². The average Bonchev–Trinajstić information content (AvgIpc) is 3.37. The molecule has 0 fully saturated rings. The summed E-state index contributed by atoms with van der Waals surface area (Å²) in [6.07, 6.45) is -4.58. The maximum Gasteiger partial charge on any atom is 0.469 e. The van der Waals surface area contributed by atoms with Crippen LogP contribution in [0.3, 0.4) is 0 Å². The third-order valence-corrected chi connectivity index (χ3v) is 8.31. The predicted octanol–water partition coefficient (Wildman–Crippen LogP) is 6.06. The van der Waals surface area contributed by atoms with Crippen LogP contribution in [-0.2, 0) is 21.9 Å². The lowest BCUT2D eigenvalue weighted by molar-refractivity contribution is -0.139. The Balaban J connectivity index is 1.46. The fourth-order valence-corrected chi connectivity index (χ4v) is 6.04. The summed E-state index contributed by atoms with van der Waals surface area (Å²) >= 11 is 2.16. The van der Waals surface area contributed by atoms with Gasteiger partial charge in [-0.25, -0.2) is 4.57 Å². The Morgan fingerprint density at radius 1 is 1.11 bits per heavy atom. The van der Waals surface area contributed by atoms with E-state index in [9.17, 15) is 17.7 Å². The Morgan fingerprint density at radius 3 is 2.58 bits per heavy atom. The molecule has 2 atom stereocenters. The van der Waals surface area contributed by atoms with Gasteiger partial charge in [0, 0.05) is 9.79 Å². The van der Waals surface area contributed by atoms with Crippen LogP contribution < -0.4 is 10.5 Å². The van der Waals surface area contributed by atoms with Crippen molar-refractivity contribution in [3.05, 3.63) is 89.5 Å². The van der Waals surface area contributed by atoms with Crippen molar-refractivity contribution in [3.8, 4) is 5.75 Å². The highest BCUT2D eigenvalue weighted by Crippen LogP contribution is 2.44. The molecular weight excluding hydrogens is 560 g/mol. The standard InChI is InChI=1S/C25H24F3N2O5PS2/c26-25(27,28)20-11-17(23-13-30-24(38-23)21(29)15-35-36(31,32)33)9-10-22(20)37-19-8-4-7-18(12-19)34-14-16-5-2-1-3-6-16/h1-12,21,23H,13-15,29H2,(H2,31,32,33)/t21-,23?/m0/s1. The normalized spacial score (nSPS) is 16.8. The first-order chi connectivity index (χ1) is 18.0. The van der Waals surface area contributed by atoms with E-state index >= 15 is 0 Å². The monoisotopic (exact) mass is 584 g/mol. The molecule has 0 saturated carbocycles. The fraction of sp³-hybridized carbons (Fsp3) is 0.240. The number of alkyl halides is 3. The van der Waals surface area contributed by atoms with Crippen molar-refractivity contribution in [2.24, 2.45) is 10.7 Å². The van der Waals surface area contributed by atoms with Crippen molar-refractivity contribution in [2.45, 2.75) is 33.9 Å². The van der Waals surface area contributed by atoms with E-state index in [0.29, 0.717) is 27.9 Å². The van der Waals surface area contributed by atoms with Crippen LogP contribution in [0.4, 0.5) is 13.2 Å². The van der Waals surface area contributed by atoms with Gasteiger partial charge in [-0.1, -0.05) is 66.0 Å². The lowest BCUT2D eigenvalue weighted by Gasteiger charge is -2.17. The smallest absolute Gasteiger partial charge is 0.469 e. The maximum atomic E-state index is 14.0. The number of nitrogens with zero attached hydrogens (tertiary/aromatic N) is 1. The van der Waals surface area contributed by atoms with Gasteiger partial charge in [0.25, 0.3) is 0 Å². The molecule has 4 rings (SSSR count). The van der Waals surface area contributed by atoms with Crippen molar-refractivity contribution in [3.63, 3.8) is 0 Å². The molecule has 0 radical (unpaired) electrons. The Labute approximate surface area is 225 Å². The van der Waals surface area contributed by atoms with Gasteiger partial charge in [0.05, 0.1) is 35.1 Å². The van der Waals surface area contributed by atoms with E-state index < -0.39 is 37.5 Å². The predicted molar refractivity (Wildman–Crippen MR) is 141 cm³/mol. The van der Waals surface area contributed by atoms with E-state index in [-0.39, 0.29) is 11.4 Å². The van der Waals surface area contributed by atoms with Crippen LogP contribution in [0.5, 0.6) is 5.75 Å². The number of thioether (sulfide) groups is 1. The topological polar surface area (TPSA) is 114 Å². The summed E-state index contributed by atoms with van der Waals surface area (Å²) in [6.45, 7) is 0.0736. The summed E-state index contributed by atoms with van der Waals surface area (Å²) in [4.78, 5) is 22.6. The second-order valence-electron chi connectivity index (χ2n) is 8.28. The minimum atomic E-state index is -4.69. The number of nitrogens with two attached hydrogens (primary N) is 1. The van der Waals surface area contributed by atoms with Crippen LogP contribution >= 0.6 is 31.3 Å². The van der Waals surface area contributed by atoms with Gasteiger partial charge in [-0.3, -0.25) is 9.52 Å². The average molecular weight is 585 g/mol. The second kappa shape index (κ2) is 12.3. The van der Waals surface area contributed by atoms with E-state index in [4.69, 9.17) is 20.3 Å². The van der Waals surface area contributed by atoms with E-state index in [1.54, 1.807) is 30.3 Å². The van der Waals surface area contributed by atoms with Crippen LogP contribution in [0, 0.1) is 0 Å². The molecule has 0 aromatic heterocycles. The van der Waals surface area contributed by atoms with Crippen LogP contribution in [0.2, 0.25) is 0 Å². The molecule has 1 unspecified atom stereocenters. The summed E-state index contributed by atoms with van der Waals surface area (Å²) < 4.78 is 63.2. The number of halogens is 3. The molecular formula is C25H24F3N2O5PS2. The molecule has 13 heteroatoms. The SMILES string of the molecule is N[C@@H](COP(=O)(O)O)C1=NCC(c2ccc(Sc3cccc(OCc4ccccc4)c3)c(C(F)(F)F)c2)S1. The molecule has 3 aromatic rings. The Morgan fingerprint density at radius 2 is 1.87 bits per heavy atom. The molecule has 1 aliphatic heterocycles. The third kappa shape index (κ3) is 8.09. The number of benzene rings is 3. The molecule has 1 heterocycles. The van der Waals surface area contributed by atoms with Crippen molar-refractivity contribution >= 4 is 36.4 Å². The summed E-state index contributed by atoms with van der Waals surface area (Å²) in [7, 11) is -4.69. The number of phosphoric acid groups is 1. The lowest BCUT2D eigenvalue weighted by atomic mass is 10.1. The van der Waals surface area contributed by atoms with Crippen LogP contribution in [0.25, 0.3) is 0 Å². The molecule has 0 saturated heterocycles. The molecule has 0 amide bonds. The molecule has 0 spiro atoms. The summed E-state index contributed by atoms with van der Waals surface area (Å²) in [5.74, 6) is 0.551. The zero-order chi connectivity index (χ0) is 27.3. The molecule has 3 aromatic carbocycles. The highest BCUT2D eigenvalue weighted by molar-refractivity contribution is 8.14. The summed E-state index contributed by atoms with van der Waals surface area (Å²) in [5, 5.41) is -0.0521. The molecule has 7 nitrogen and oxygen atoms in total. The molecule has 4 N–H and O–H groups in total. The number of aliphatic imine (C=N–C) groups is 1. The first-order valence-corrected chi connectivity index (χ1v) is 14.5. The second-order valence-corrected chi connectivity index (χ2v) is 11.9. The zero-order valence-corrected chi connectivity index (χ0v) is 22.3. The highest BCUT2D eigenvalue weighted by Gasteiger charge is 2.35. The minimum Gasteiger partial charge on any atom is -0.489 e. The Bertz CT molecular complexity index is 1340. The molecule has 202 valence electrons. The van der Waals surface area contributed by atoms with Gasteiger partial charge in [-0.05, 0) is 41.5 Å². The van der Waals surface area contributed by atoms with Crippen molar-refractivity contribution in [1.82, 2.24) is 0 Å². The first-order valence-electron chi connectivity index (χ1n) is 11.3. The number of rotatable bonds is 10. The van der Waals surface area contributed by atoms with Crippen LogP contribution in [0.1, 0.15) is 21.9 Å². The lowest BCUT2D eigenvalue weighted by Crippen LogP contribution is -2.32. The molecule has 0 bridgehead atoms. The van der Waals surface area contributed by atoms with Crippen molar-refractivity contribution in [1.29, 1.82) is 0 Å². The van der Waals surface area contributed by atoms with Gasteiger partial charge >= 0.3 is 14.0 Å². The van der Waals surface area contributed by atoms with Gasteiger partial charge in [0.1, 0.15) is 12.4 Å². The first kappa shape index (κ1) is 28.7. The van der Waals surface area contributed by atoms with Gasteiger partial charge in [-0.15, -0.1) is 0 Å². The maximum absolute atomic E-state index is 14.0. The van der Waals surface area contributed by atoms with Crippen LogP contribution in [-0.4, -0.2) is 34.0 Å². The summed E-state index contributed by atoms with van der Waals surface area (Å²) in [5.41, 5.74) is 6.53. The fourth-order valence-electron chi connectivity index (χ4n) is 3.57. The molecule has 0 aliphatic carbocycles. The number of phosphoric ester groups is 1. The Kier molecular flexibility index (Phi) is 9.25. The zero-order valence-electron chi connectivity index (χ0n) is 19.7. The molecule has 1 aliphatic rings. The van der Waals surface area contributed by atoms with Gasteiger partial charge in [0.15, 0.2) is 0 Å². The largest absolute Gasteiger partial charge is 0.489 e. The van der Waals surface area contributed by atoms with E-state index in [2.05, 4.69) is 9.52 Å². The van der Waals surface area contributed by atoms with Gasteiger partial charge < -0.3 is 20.3 Å². The van der Waals surface area contributed by atoms with E-state index in [0.717, 1.165) is 35.2 Å². The van der Waals surface area contributed by atoms with Crippen molar-refractivity contribution < 1.29 is 36.8 Å². The third-order valence-electron chi connectivity index (χ3n) is 5.38. The van der Waals surface area contributed by atoms with E-state index in [1.807, 2.05) is 30.3 Å². The number of hydrogen-bond acceptors (Lipinski definition) is 7. The van der Waals surface area contributed by atoms with E-state index in [1.165, 1.54) is 6.07 Å². The van der Waals surface area contributed by atoms with Gasteiger partial charge in [0.2, 0.25) is 0 Å². The van der Waals surface area contributed by atoms with Crippen LogP contribution in [0.15, 0.2) is 87.6 Å². The summed E-state index contributed by atoms with van der Waals surface area (Å²) in [6, 6.07) is 19.8. The molecule has 38 heavy (non-hydrogen) atoms. The minimum absolute atomic E-state index is 0.0531. The highest BCUT2D eigenvalue weighted by atomic mass is 32.2. The number of hydrogen-bond donors (Lipinski definition) is 3. The Hall–Kier alpha value is -2.31.